The summed E-state index contributed by atoms with van der Waals surface area (Å²) in [6.45, 7) is 9.83. The van der Waals surface area contributed by atoms with Crippen molar-refractivity contribution in [2.75, 3.05) is 18.4 Å². The van der Waals surface area contributed by atoms with Crippen molar-refractivity contribution in [2.24, 2.45) is 0 Å². The van der Waals surface area contributed by atoms with E-state index in [-0.39, 0.29) is 35.1 Å². The van der Waals surface area contributed by atoms with Crippen molar-refractivity contribution in [1.82, 2.24) is 15.0 Å². The van der Waals surface area contributed by atoms with E-state index >= 15 is 0 Å². The number of amides is 2. The summed E-state index contributed by atoms with van der Waals surface area (Å²) < 4.78 is 23.7. The number of hydrogen-bond acceptors (Lipinski definition) is 7. The van der Waals surface area contributed by atoms with Crippen molar-refractivity contribution in [1.29, 1.82) is 0 Å². The van der Waals surface area contributed by atoms with E-state index < -0.39 is 23.9 Å². The van der Waals surface area contributed by atoms with Crippen molar-refractivity contribution in [3.05, 3.63) is 40.2 Å². The predicted octanol–water partition coefficient (Wildman–Crippen LogP) is 3.44. The van der Waals surface area contributed by atoms with Crippen molar-refractivity contribution in [2.45, 2.75) is 59.3 Å². The average Bonchev–Trinajstić information content (AvgIpc) is 3.07. The van der Waals surface area contributed by atoms with Gasteiger partial charge >= 0.3 is 12.0 Å². The van der Waals surface area contributed by atoms with Crippen LogP contribution in [-0.2, 0) is 6.61 Å². The number of ether oxygens (including phenoxy) is 1. The Kier molecular flexibility index (Phi) is 9.15. The molecule has 0 bridgehead atoms. The standard InChI is InChI=1S/C22H31FN4O5S/c1-12-8-13(2)15(16(23)9-12)11-32-18-17(20(29)30)19(33-27-18)26-21(31)24-7-6-14(28)10-25-22(3,4)5/h8-9,14,25,28H,6-7,10-11H2,1-5H3,(H,29,30)(H2,24,26,31). The Morgan fingerprint density at radius 3 is 2.58 bits per heavy atom. The number of aromatic nitrogens is 1. The molecule has 1 aromatic heterocycles. The lowest BCUT2D eigenvalue weighted by Crippen LogP contribution is -2.42. The second-order valence-electron chi connectivity index (χ2n) is 8.78. The van der Waals surface area contributed by atoms with E-state index in [0.717, 1.165) is 17.1 Å². The molecule has 0 aliphatic carbocycles. The number of carbonyl (C=O) groups excluding carboxylic acids is 1. The van der Waals surface area contributed by atoms with Crippen LogP contribution >= 0.6 is 11.5 Å². The zero-order valence-electron chi connectivity index (χ0n) is 19.4. The smallest absolute Gasteiger partial charge is 0.344 e. The van der Waals surface area contributed by atoms with Crippen LogP contribution in [0.3, 0.4) is 0 Å². The van der Waals surface area contributed by atoms with E-state index in [0.29, 0.717) is 24.1 Å². The van der Waals surface area contributed by atoms with Crippen LogP contribution in [0, 0.1) is 19.7 Å². The van der Waals surface area contributed by atoms with Gasteiger partial charge in [0.1, 0.15) is 17.4 Å². The second kappa shape index (κ2) is 11.4. The Morgan fingerprint density at radius 2 is 1.97 bits per heavy atom. The maximum atomic E-state index is 14.2. The lowest BCUT2D eigenvalue weighted by atomic mass is 10.1. The first-order chi connectivity index (χ1) is 15.4. The number of aromatic carboxylic acids is 1. The van der Waals surface area contributed by atoms with Crippen molar-refractivity contribution >= 4 is 28.5 Å². The molecule has 33 heavy (non-hydrogen) atoms. The quantitative estimate of drug-likeness (QED) is 0.350. The fourth-order valence-electron chi connectivity index (χ4n) is 2.94. The number of carbonyl (C=O) groups is 2. The highest BCUT2D eigenvalue weighted by Gasteiger charge is 2.24. The number of rotatable bonds is 10. The van der Waals surface area contributed by atoms with Gasteiger partial charge in [-0.3, -0.25) is 5.32 Å². The van der Waals surface area contributed by atoms with Gasteiger partial charge in [0.25, 0.3) is 0 Å². The van der Waals surface area contributed by atoms with Gasteiger partial charge in [-0.15, -0.1) is 0 Å². The molecule has 0 saturated carbocycles. The summed E-state index contributed by atoms with van der Waals surface area (Å²) in [5.41, 5.74) is 1.31. The van der Waals surface area contributed by atoms with Crippen LogP contribution in [0.1, 0.15) is 54.2 Å². The van der Waals surface area contributed by atoms with Gasteiger partial charge in [0.05, 0.1) is 6.10 Å². The number of aryl methyl sites for hydroxylation is 2. The normalized spacial score (nSPS) is 12.3. The summed E-state index contributed by atoms with van der Waals surface area (Å²) in [7, 11) is 0. The molecule has 1 heterocycles. The zero-order valence-corrected chi connectivity index (χ0v) is 20.2. The largest absolute Gasteiger partial charge is 0.477 e. The van der Waals surface area contributed by atoms with E-state index in [4.69, 9.17) is 4.74 Å². The van der Waals surface area contributed by atoms with E-state index in [9.17, 15) is 24.2 Å². The third kappa shape index (κ3) is 8.26. The molecule has 1 atom stereocenters. The number of nitrogens with zero attached hydrogens (tertiary/aromatic N) is 1. The maximum Gasteiger partial charge on any atom is 0.344 e. The van der Waals surface area contributed by atoms with Crippen LogP contribution in [0.15, 0.2) is 12.1 Å². The number of carboxylic acid groups (broad SMARTS) is 1. The number of urea groups is 1. The molecular formula is C22H31FN4O5S. The molecule has 0 aliphatic heterocycles. The molecule has 0 spiro atoms. The number of nitrogens with one attached hydrogen (secondary N) is 3. The number of aliphatic hydroxyl groups excluding tert-OH is 1. The monoisotopic (exact) mass is 482 g/mol. The summed E-state index contributed by atoms with van der Waals surface area (Å²) in [6, 6.07) is 2.54. The van der Waals surface area contributed by atoms with Crippen LogP contribution in [0.2, 0.25) is 0 Å². The third-order valence-corrected chi connectivity index (χ3v) is 5.39. The number of β-amino-alcohol motifs (C(OH)–C–C–N with tert-alkyl or cyclic N) is 1. The Bertz CT molecular complexity index is 967. The molecule has 0 aliphatic rings. The molecule has 0 saturated heterocycles. The molecule has 2 rings (SSSR count). The number of hydrogen-bond donors (Lipinski definition) is 5. The molecule has 0 fully saturated rings. The summed E-state index contributed by atoms with van der Waals surface area (Å²) >= 11 is 0.749. The molecule has 5 N–H and O–H groups in total. The van der Waals surface area contributed by atoms with E-state index in [1.807, 2.05) is 20.8 Å². The minimum absolute atomic E-state index is 0.00829. The van der Waals surface area contributed by atoms with E-state index in [1.54, 1.807) is 19.9 Å². The highest BCUT2D eigenvalue weighted by Crippen LogP contribution is 2.31. The van der Waals surface area contributed by atoms with Gasteiger partial charge in [0.15, 0.2) is 5.56 Å². The van der Waals surface area contributed by atoms with Crippen LogP contribution < -0.4 is 20.7 Å². The predicted molar refractivity (Wildman–Crippen MR) is 125 cm³/mol. The number of carboxylic acids is 1. The Morgan fingerprint density at radius 1 is 1.27 bits per heavy atom. The van der Waals surface area contributed by atoms with Gasteiger partial charge < -0.3 is 25.6 Å². The number of halogens is 1. The van der Waals surface area contributed by atoms with Gasteiger partial charge in [-0.2, -0.15) is 4.37 Å². The Balaban J connectivity index is 1.95. The Labute approximate surface area is 196 Å². The van der Waals surface area contributed by atoms with E-state index in [2.05, 4.69) is 20.3 Å². The average molecular weight is 483 g/mol. The van der Waals surface area contributed by atoms with Crippen molar-refractivity contribution in [3.63, 3.8) is 0 Å². The van der Waals surface area contributed by atoms with Gasteiger partial charge in [-0.05, 0) is 69.8 Å². The van der Waals surface area contributed by atoms with E-state index in [1.165, 1.54) is 6.07 Å². The molecule has 11 heteroatoms. The van der Waals surface area contributed by atoms with Gasteiger partial charge in [-0.25, -0.2) is 14.0 Å². The van der Waals surface area contributed by atoms with Gasteiger partial charge in [0, 0.05) is 24.2 Å². The molecule has 1 unspecified atom stereocenters. The molecular weight excluding hydrogens is 451 g/mol. The topological polar surface area (TPSA) is 133 Å². The second-order valence-corrected chi connectivity index (χ2v) is 9.56. The summed E-state index contributed by atoms with van der Waals surface area (Å²) in [5.74, 6) is -1.98. The maximum absolute atomic E-state index is 14.2. The van der Waals surface area contributed by atoms with Crippen LogP contribution in [0.4, 0.5) is 14.2 Å². The molecule has 9 nitrogen and oxygen atoms in total. The first kappa shape index (κ1) is 26.5. The van der Waals surface area contributed by atoms with Crippen LogP contribution in [0.25, 0.3) is 0 Å². The number of benzene rings is 1. The minimum Gasteiger partial charge on any atom is -0.477 e. The fraction of sp³-hybridized carbons (Fsp3) is 0.500. The molecule has 2 aromatic rings. The minimum atomic E-state index is -1.33. The summed E-state index contributed by atoms with van der Waals surface area (Å²) in [4.78, 5) is 23.9. The highest BCUT2D eigenvalue weighted by molar-refractivity contribution is 7.11. The zero-order chi connectivity index (χ0) is 24.8. The lowest BCUT2D eigenvalue weighted by molar-refractivity contribution is 0.0693. The lowest BCUT2D eigenvalue weighted by Gasteiger charge is -2.22. The van der Waals surface area contributed by atoms with Crippen molar-refractivity contribution in [3.8, 4) is 5.88 Å². The SMILES string of the molecule is Cc1cc(C)c(COc2nsc(NC(=O)NCCC(O)CNC(C)(C)C)c2C(=O)O)c(F)c1. The highest BCUT2D eigenvalue weighted by atomic mass is 32.1. The summed E-state index contributed by atoms with van der Waals surface area (Å²) in [5, 5.41) is 27.7. The van der Waals surface area contributed by atoms with Crippen LogP contribution in [0.5, 0.6) is 5.88 Å². The van der Waals surface area contributed by atoms with Crippen molar-refractivity contribution < 1.29 is 28.9 Å². The fourth-order valence-corrected chi connectivity index (χ4v) is 3.67. The Hall–Kier alpha value is -2.76. The first-order valence-corrected chi connectivity index (χ1v) is 11.2. The number of aliphatic hydroxyl groups is 1. The molecule has 1 aromatic carbocycles. The van der Waals surface area contributed by atoms with Crippen LogP contribution in [-0.4, -0.2) is 51.3 Å². The number of anilines is 1. The van der Waals surface area contributed by atoms with Gasteiger partial charge in [0.2, 0.25) is 5.88 Å². The van der Waals surface area contributed by atoms with Gasteiger partial charge in [-0.1, -0.05) is 6.07 Å². The molecule has 2 amide bonds. The summed E-state index contributed by atoms with van der Waals surface area (Å²) in [6.07, 6.45) is -0.325. The molecule has 182 valence electrons. The third-order valence-electron chi connectivity index (χ3n) is 4.65. The first-order valence-electron chi connectivity index (χ1n) is 10.5. The molecule has 0 radical (unpaired) electrons.